The minimum Gasteiger partial charge on any atom is -0.345 e. The number of Topliss-reactive ketones (excluding diaryl/α,β-unsaturated/α-hetero) is 1. The molecule has 0 aliphatic carbocycles. The standard InChI is InChI=1S/C12H20N2O2.H2/c1-4-7-11(15)9-14-12(16)10(5-2)8-13-6-3;/h5,8H,4,6-7,9H2,1-3H3,(H,14,16);1H/b10-5+,13-8?;. The van der Waals surface area contributed by atoms with Gasteiger partial charge in [-0.25, -0.2) is 0 Å². The van der Waals surface area contributed by atoms with Gasteiger partial charge in [0.1, 0.15) is 0 Å². The highest BCUT2D eigenvalue weighted by atomic mass is 16.2. The number of carbonyl (C=O) groups excluding carboxylic acids is 2. The molecule has 0 aromatic rings. The van der Waals surface area contributed by atoms with Gasteiger partial charge in [-0.1, -0.05) is 13.0 Å². The molecule has 0 aromatic heterocycles. The molecule has 0 spiro atoms. The lowest BCUT2D eigenvalue weighted by Crippen LogP contribution is -2.30. The highest BCUT2D eigenvalue weighted by Gasteiger charge is 2.07. The van der Waals surface area contributed by atoms with Crippen LogP contribution >= 0.6 is 0 Å². The van der Waals surface area contributed by atoms with Crippen LogP contribution in [0.2, 0.25) is 0 Å². The molecule has 4 heteroatoms. The Hall–Kier alpha value is -1.45. The number of amides is 1. The topological polar surface area (TPSA) is 58.5 Å². The summed E-state index contributed by atoms with van der Waals surface area (Å²) in [7, 11) is 0. The molecule has 0 aromatic carbocycles. The van der Waals surface area contributed by atoms with Crippen molar-refractivity contribution in [2.75, 3.05) is 13.1 Å². The average molecular weight is 226 g/mol. The number of aliphatic imine (C=N–C) groups is 1. The van der Waals surface area contributed by atoms with Gasteiger partial charge >= 0.3 is 0 Å². The molecular weight excluding hydrogens is 204 g/mol. The SMILES string of the molecule is C/C=C(\C=NCC)C(=O)NCC(=O)CCC.[HH]. The Bertz CT molecular complexity index is 299. The van der Waals surface area contributed by atoms with Gasteiger partial charge in [0.2, 0.25) is 0 Å². The zero-order chi connectivity index (χ0) is 12.4. The van der Waals surface area contributed by atoms with Crippen LogP contribution in [0.4, 0.5) is 0 Å². The van der Waals surface area contributed by atoms with E-state index in [-0.39, 0.29) is 19.7 Å². The number of hydrogen-bond acceptors (Lipinski definition) is 3. The van der Waals surface area contributed by atoms with Crippen molar-refractivity contribution < 1.29 is 11.0 Å². The molecule has 92 valence electrons. The van der Waals surface area contributed by atoms with Crippen LogP contribution in [0, 0.1) is 0 Å². The average Bonchev–Trinajstić information content (AvgIpc) is 2.28. The monoisotopic (exact) mass is 226 g/mol. The smallest absolute Gasteiger partial charge is 0.252 e. The van der Waals surface area contributed by atoms with Gasteiger partial charge in [-0.05, 0) is 20.3 Å². The van der Waals surface area contributed by atoms with Crippen molar-refractivity contribution in [1.82, 2.24) is 5.32 Å². The molecule has 0 aliphatic rings. The van der Waals surface area contributed by atoms with E-state index in [4.69, 9.17) is 0 Å². The summed E-state index contributed by atoms with van der Waals surface area (Å²) in [6.45, 7) is 6.34. The zero-order valence-electron chi connectivity index (χ0n) is 10.2. The van der Waals surface area contributed by atoms with Gasteiger partial charge in [0, 0.05) is 20.6 Å². The second kappa shape index (κ2) is 8.83. The molecular formula is C12H22N2O2. The van der Waals surface area contributed by atoms with Crippen molar-refractivity contribution in [1.29, 1.82) is 0 Å². The van der Waals surface area contributed by atoms with Crippen LogP contribution in [0.5, 0.6) is 0 Å². The highest BCUT2D eigenvalue weighted by Crippen LogP contribution is 1.92. The van der Waals surface area contributed by atoms with Crippen molar-refractivity contribution in [3.8, 4) is 0 Å². The number of nitrogens with one attached hydrogen (secondary N) is 1. The van der Waals surface area contributed by atoms with Gasteiger partial charge in [-0.2, -0.15) is 0 Å². The van der Waals surface area contributed by atoms with Gasteiger partial charge in [-0.15, -0.1) is 0 Å². The third-order valence-electron chi connectivity index (χ3n) is 1.96. The molecule has 4 nitrogen and oxygen atoms in total. The van der Waals surface area contributed by atoms with Crippen LogP contribution in [-0.4, -0.2) is 31.0 Å². The summed E-state index contributed by atoms with van der Waals surface area (Å²) < 4.78 is 0. The Morgan fingerprint density at radius 3 is 2.56 bits per heavy atom. The molecule has 16 heavy (non-hydrogen) atoms. The fourth-order valence-corrected chi connectivity index (χ4v) is 1.10. The van der Waals surface area contributed by atoms with Gasteiger partial charge in [0.05, 0.1) is 12.1 Å². The fourth-order valence-electron chi connectivity index (χ4n) is 1.10. The highest BCUT2D eigenvalue weighted by molar-refractivity contribution is 6.12. The van der Waals surface area contributed by atoms with Crippen molar-refractivity contribution in [2.24, 2.45) is 4.99 Å². The lowest BCUT2D eigenvalue weighted by atomic mass is 10.2. The quantitative estimate of drug-likeness (QED) is 0.531. The zero-order valence-corrected chi connectivity index (χ0v) is 10.2. The lowest BCUT2D eigenvalue weighted by Gasteiger charge is -2.03. The Morgan fingerprint density at radius 1 is 1.38 bits per heavy atom. The molecule has 0 radical (unpaired) electrons. The maximum Gasteiger partial charge on any atom is 0.252 e. The summed E-state index contributed by atoms with van der Waals surface area (Å²) in [4.78, 5) is 26.8. The molecule has 0 saturated carbocycles. The first-order valence-electron chi connectivity index (χ1n) is 5.61. The van der Waals surface area contributed by atoms with Crippen LogP contribution < -0.4 is 5.32 Å². The molecule has 1 amide bonds. The first kappa shape index (κ1) is 14.6. The Labute approximate surface area is 98.3 Å². The number of ketones is 1. The third-order valence-corrected chi connectivity index (χ3v) is 1.96. The van der Waals surface area contributed by atoms with E-state index < -0.39 is 0 Å². The number of rotatable bonds is 7. The van der Waals surface area contributed by atoms with Crippen LogP contribution in [0.25, 0.3) is 0 Å². The van der Waals surface area contributed by atoms with Crippen LogP contribution in [0.3, 0.4) is 0 Å². The number of nitrogens with zero attached hydrogens (tertiary/aromatic N) is 1. The second-order valence-electron chi connectivity index (χ2n) is 3.34. The molecule has 0 fully saturated rings. The van der Waals surface area contributed by atoms with Crippen molar-refractivity contribution in [3.63, 3.8) is 0 Å². The second-order valence-corrected chi connectivity index (χ2v) is 3.34. The molecule has 0 unspecified atom stereocenters. The van der Waals surface area contributed by atoms with E-state index in [2.05, 4.69) is 10.3 Å². The van der Waals surface area contributed by atoms with E-state index in [9.17, 15) is 9.59 Å². The van der Waals surface area contributed by atoms with Crippen LogP contribution in [0.1, 0.15) is 35.0 Å². The summed E-state index contributed by atoms with van der Waals surface area (Å²) in [6, 6.07) is 0. The van der Waals surface area contributed by atoms with E-state index in [1.54, 1.807) is 13.0 Å². The molecule has 0 rings (SSSR count). The van der Waals surface area contributed by atoms with Crippen molar-refractivity contribution in [3.05, 3.63) is 11.6 Å². The maximum absolute atomic E-state index is 11.6. The lowest BCUT2D eigenvalue weighted by molar-refractivity contribution is -0.122. The molecule has 0 saturated heterocycles. The Kier molecular flexibility index (Phi) is 8.03. The van der Waals surface area contributed by atoms with E-state index in [1.807, 2.05) is 13.8 Å². The molecule has 0 heterocycles. The molecule has 0 bridgehead atoms. The van der Waals surface area contributed by atoms with Crippen molar-refractivity contribution in [2.45, 2.75) is 33.6 Å². The first-order chi connectivity index (χ1) is 7.65. The van der Waals surface area contributed by atoms with Gasteiger partial charge in [0.15, 0.2) is 5.78 Å². The van der Waals surface area contributed by atoms with Crippen LogP contribution in [-0.2, 0) is 9.59 Å². The van der Waals surface area contributed by atoms with Crippen LogP contribution in [0.15, 0.2) is 16.6 Å². The summed E-state index contributed by atoms with van der Waals surface area (Å²) in [5.41, 5.74) is 0.492. The number of carbonyl (C=O) groups is 2. The van der Waals surface area contributed by atoms with E-state index in [1.165, 1.54) is 6.21 Å². The summed E-state index contributed by atoms with van der Waals surface area (Å²) in [5.74, 6) is -0.192. The number of hydrogen-bond donors (Lipinski definition) is 1. The molecule has 1 N–H and O–H groups in total. The van der Waals surface area contributed by atoms with Gasteiger partial charge < -0.3 is 5.32 Å². The molecule has 0 atom stereocenters. The maximum atomic E-state index is 11.6. The largest absolute Gasteiger partial charge is 0.345 e. The van der Waals surface area contributed by atoms with E-state index in [0.29, 0.717) is 18.5 Å². The van der Waals surface area contributed by atoms with E-state index >= 15 is 0 Å². The Balaban J connectivity index is 0. The normalized spacial score (nSPS) is 11.8. The van der Waals surface area contributed by atoms with Crippen molar-refractivity contribution >= 4 is 17.9 Å². The Morgan fingerprint density at radius 2 is 2.06 bits per heavy atom. The van der Waals surface area contributed by atoms with E-state index in [0.717, 1.165) is 6.42 Å². The first-order valence-corrected chi connectivity index (χ1v) is 5.61. The predicted octanol–water partition coefficient (Wildman–Crippen LogP) is 1.75. The fraction of sp³-hybridized carbons (Fsp3) is 0.583. The third kappa shape index (κ3) is 6.11. The number of allylic oxidation sites excluding steroid dienone is 1. The predicted molar refractivity (Wildman–Crippen MR) is 67.8 cm³/mol. The summed E-state index contributed by atoms with van der Waals surface area (Å²) in [6.07, 6.45) is 4.52. The minimum atomic E-state index is -0.246. The molecule has 0 aliphatic heterocycles. The van der Waals surface area contributed by atoms with Gasteiger partial charge in [-0.3, -0.25) is 14.6 Å². The minimum absolute atomic E-state index is 0. The summed E-state index contributed by atoms with van der Waals surface area (Å²) >= 11 is 0. The van der Waals surface area contributed by atoms with Gasteiger partial charge in [0.25, 0.3) is 5.91 Å². The summed E-state index contributed by atoms with van der Waals surface area (Å²) in [5, 5.41) is 2.58.